The van der Waals surface area contributed by atoms with Crippen LogP contribution in [-0.4, -0.2) is 47.4 Å². The normalized spacial score (nSPS) is 14.9. The molecule has 1 heterocycles. The van der Waals surface area contributed by atoms with Crippen LogP contribution < -0.4 is 9.47 Å². The number of carbonyl (C=O) groups excluding carboxylic acids is 2. The number of nitrogens with zero attached hydrogens (tertiary/aromatic N) is 1. The van der Waals surface area contributed by atoms with Crippen molar-refractivity contribution in [1.82, 2.24) is 4.90 Å². The predicted molar refractivity (Wildman–Crippen MR) is 126 cm³/mol. The topological polar surface area (TPSA) is 93.1 Å². The molecule has 1 fully saturated rings. The van der Waals surface area contributed by atoms with Crippen LogP contribution in [-0.2, 0) is 16.0 Å². The Morgan fingerprint density at radius 2 is 1.97 bits per heavy atom. The van der Waals surface area contributed by atoms with Crippen LogP contribution in [0.5, 0.6) is 11.5 Å². The van der Waals surface area contributed by atoms with Crippen molar-refractivity contribution in [1.29, 1.82) is 0 Å². The molecule has 0 atom stereocenters. The molecule has 0 radical (unpaired) electrons. The summed E-state index contributed by atoms with van der Waals surface area (Å²) in [6, 6.07) is 13.3. The highest BCUT2D eigenvalue weighted by Gasteiger charge is 2.34. The fraction of sp³-hybridized carbons (Fsp3) is 0.227. The Morgan fingerprint density at radius 3 is 2.65 bits per heavy atom. The minimum atomic E-state index is -1.09. The molecule has 1 N–H and O–H groups in total. The highest BCUT2D eigenvalue weighted by atomic mass is 127. The number of halogens is 1. The van der Waals surface area contributed by atoms with Crippen LogP contribution in [0, 0.1) is 3.57 Å². The van der Waals surface area contributed by atoms with Crippen LogP contribution in [0.25, 0.3) is 6.08 Å². The van der Waals surface area contributed by atoms with Crippen LogP contribution in [0.2, 0.25) is 0 Å². The SMILES string of the molecule is COc1cc(/C=C2/SC(=O)N(CCCc3ccccc3)C2=O)cc(I)c1OCC(=O)O. The highest BCUT2D eigenvalue weighted by Crippen LogP contribution is 2.37. The van der Waals surface area contributed by atoms with E-state index in [1.807, 2.05) is 52.9 Å². The lowest BCUT2D eigenvalue weighted by Gasteiger charge is -2.13. The zero-order valence-electron chi connectivity index (χ0n) is 16.7. The summed E-state index contributed by atoms with van der Waals surface area (Å²) in [7, 11) is 1.45. The number of hydrogen-bond donors (Lipinski definition) is 1. The van der Waals surface area contributed by atoms with E-state index in [1.165, 1.54) is 12.0 Å². The third-order valence-electron chi connectivity index (χ3n) is 4.45. The van der Waals surface area contributed by atoms with Crippen molar-refractivity contribution in [2.45, 2.75) is 12.8 Å². The van der Waals surface area contributed by atoms with E-state index in [4.69, 9.17) is 14.6 Å². The molecule has 162 valence electrons. The van der Waals surface area contributed by atoms with Crippen LogP contribution in [0.3, 0.4) is 0 Å². The molecule has 3 rings (SSSR count). The maximum absolute atomic E-state index is 12.7. The first-order valence-corrected chi connectivity index (χ1v) is 11.3. The number of thioether (sulfide) groups is 1. The maximum Gasteiger partial charge on any atom is 0.341 e. The van der Waals surface area contributed by atoms with Gasteiger partial charge in [-0.15, -0.1) is 0 Å². The number of aryl methyl sites for hydroxylation is 1. The van der Waals surface area contributed by atoms with E-state index in [2.05, 4.69) is 0 Å². The number of methoxy groups -OCH3 is 1. The number of carboxylic acid groups (broad SMARTS) is 1. The van der Waals surface area contributed by atoms with Crippen LogP contribution >= 0.6 is 34.4 Å². The van der Waals surface area contributed by atoms with Gasteiger partial charge in [-0.25, -0.2) is 4.79 Å². The fourth-order valence-electron chi connectivity index (χ4n) is 3.03. The van der Waals surface area contributed by atoms with Gasteiger partial charge in [-0.05, 0) is 76.5 Å². The van der Waals surface area contributed by atoms with Gasteiger partial charge in [0.1, 0.15) is 0 Å². The summed E-state index contributed by atoms with van der Waals surface area (Å²) in [5, 5.41) is 8.54. The second kappa shape index (κ2) is 10.7. The average Bonchev–Trinajstić information content (AvgIpc) is 3.00. The zero-order chi connectivity index (χ0) is 22.4. The van der Waals surface area contributed by atoms with Gasteiger partial charge in [-0.1, -0.05) is 30.3 Å². The predicted octanol–water partition coefficient (Wildman–Crippen LogP) is 4.43. The minimum absolute atomic E-state index is 0.285. The molecular weight excluding hydrogens is 533 g/mol. The summed E-state index contributed by atoms with van der Waals surface area (Å²) in [6.45, 7) is -0.132. The third-order valence-corrected chi connectivity index (χ3v) is 6.16. The molecular formula is C22H20INO6S. The van der Waals surface area contributed by atoms with Crippen molar-refractivity contribution in [3.63, 3.8) is 0 Å². The van der Waals surface area contributed by atoms with E-state index in [1.54, 1.807) is 18.2 Å². The molecule has 2 aromatic rings. The monoisotopic (exact) mass is 553 g/mol. The smallest absolute Gasteiger partial charge is 0.341 e. The summed E-state index contributed by atoms with van der Waals surface area (Å²) >= 11 is 2.92. The van der Waals surface area contributed by atoms with E-state index >= 15 is 0 Å². The Morgan fingerprint density at radius 1 is 1.23 bits per heavy atom. The van der Waals surface area contributed by atoms with Gasteiger partial charge in [-0.3, -0.25) is 14.5 Å². The van der Waals surface area contributed by atoms with E-state index in [0.29, 0.717) is 38.5 Å². The second-order valence-corrected chi connectivity index (χ2v) is 8.79. The molecule has 0 bridgehead atoms. The van der Waals surface area contributed by atoms with Gasteiger partial charge in [0.2, 0.25) is 0 Å². The largest absolute Gasteiger partial charge is 0.493 e. The molecule has 0 aliphatic carbocycles. The molecule has 0 unspecified atom stereocenters. The third kappa shape index (κ3) is 6.01. The van der Waals surface area contributed by atoms with Crippen molar-refractivity contribution in [3.8, 4) is 11.5 Å². The average molecular weight is 553 g/mol. The van der Waals surface area contributed by atoms with Crippen LogP contribution in [0.4, 0.5) is 4.79 Å². The first kappa shape index (κ1) is 23.1. The van der Waals surface area contributed by atoms with Gasteiger partial charge in [-0.2, -0.15) is 0 Å². The van der Waals surface area contributed by atoms with Gasteiger partial charge in [0, 0.05) is 6.54 Å². The number of carboxylic acids is 1. The Balaban J connectivity index is 1.71. The van der Waals surface area contributed by atoms with E-state index in [-0.39, 0.29) is 11.1 Å². The first-order chi connectivity index (χ1) is 14.9. The maximum atomic E-state index is 12.7. The summed E-state index contributed by atoms with van der Waals surface area (Å²) < 4.78 is 11.2. The highest BCUT2D eigenvalue weighted by molar-refractivity contribution is 14.1. The number of imide groups is 1. The van der Waals surface area contributed by atoms with Crippen molar-refractivity contribution < 1.29 is 29.0 Å². The number of aliphatic carboxylic acids is 1. The first-order valence-electron chi connectivity index (χ1n) is 9.40. The molecule has 0 saturated carbocycles. The molecule has 1 aliphatic heterocycles. The number of benzene rings is 2. The molecule has 0 aromatic heterocycles. The summed E-state index contributed by atoms with van der Waals surface area (Å²) in [4.78, 5) is 37.5. The Hall–Kier alpha value is -2.53. The lowest BCUT2D eigenvalue weighted by Crippen LogP contribution is -2.29. The number of rotatable bonds is 9. The van der Waals surface area contributed by atoms with Crippen molar-refractivity contribution in [3.05, 3.63) is 62.1 Å². The van der Waals surface area contributed by atoms with Crippen molar-refractivity contribution in [2.24, 2.45) is 0 Å². The number of ether oxygens (including phenoxy) is 2. The van der Waals surface area contributed by atoms with Gasteiger partial charge in [0.05, 0.1) is 15.6 Å². The molecule has 2 amide bonds. The van der Waals surface area contributed by atoms with E-state index in [0.717, 1.165) is 23.7 Å². The standard InChI is InChI=1S/C22H20INO6S/c1-29-17-11-15(10-16(23)20(17)30-13-19(25)26)12-18-21(27)24(22(28)31-18)9-5-8-14-6-3-2-4-7-14/h2-4,6-7,10-12H,5,8-9,13H2,1H3,(H,25,26)/b18-12+. The van der Waals surface area contributed by atoms with Gasteiger partial charge in [0.15, 0.2) is 18.1 Å². The quantitative estimate of drug-likeness (QED) is 0.363. The Bertz CT molecular complexity index is 1020. The number of hydrogen-bond acceptors (Lipinski definition) is 6. The van der Waals surface area contributed by atoms with Crippen LogP contribution in [0.1, 0.15) is 17.5 Å². The number of carbonyl (C=O) groups is 3. The summed E-state index contributed by atoms with van der Waals surface area (Å²) in [5.74, 6) is -0.746. The van der Waals surface area contributed by atoms with Crippen molar-refractivity contribution >= 4 is 57.5 Å². The molecule has 0 spiro atoms. The molecule has 7 nitrogen and oxygen atoms in total. The molecule has 2 aromatic carbocycles. The van der Waals surface area contributed by atoms with Gasteiger partial charge in [0.25, 0.3) is 11.1 Å². The van der Waals surface area contributed by atoms with Crippen LogP contribution in [0.15, 0.2) is 47.4 Å². The van der Waals surface area contributed by atoms with Gasteiger partial charge < -0.3 is 14.6 Å². The second-order valence-electron chi connectivity index (χ2n) is 6.64. The molecule has 31 heavy (non-hydrogen) atoms. The fourth-order valence-corrected chi connectivity index (χ4v) is 4.67. The minimum Gasteiger partial charge on any atom is -0.493 e. The Labute approximate surface area is 197 Å². The molecule has 9 heteroatoms. The molecule has 1 saturated heterocycles. The van der Waals surface area contributed by atoms with E-state index < -0.39 is 12.6 Å². The lowest BCUT2D eigenvalue weighted by molar-refractivity contribution is -0.139. The number of amides is 2. The van der Waals surface area contributed by atoms with E-state index in [9.17, 15) is 14.4 Å². The lowest BCUT2D eigenvalue weighted by atomic mass is 10.1. The summed E-state index contributed by atoms with van der Waals surface area (Å²) in [6.07, 6.45) is 3.11. The zero-order valence-corrected chi connectivity index (χ0v) is 19.6. The van der Waals surface area contributed by atoms with Gasteiger partial charge >= 0.3 is 5.97 Å². The van der Waals surface area contributed by atoms with Crippen molar-refractivity contribution in [2.75, 3.05) is 20.3 Å². The summed E-state index contributed by atoms with van der Waals surface area (Å²) in [5.41, 5.74) is 1.82. The Kier molecular flexibility index (Phi) is 7.97. The molecule has 1 aliphatic rings.